The molecule has 0 atom stereocenters. The molecule has 9 heteroatoms. The maximum atomic E-state index is 11.8. The summed E-state index contributed by atoms with van der Waals surface area (Å²) in [6, 6.07) is 2.45. The lowest BCUT2D eigenvalue weighted by Gasteiger charge is -2.18. The van der Waals surface area contributed by atoms with Crippen LogP contribution >= 0.6 is 15.9 Å². The molecule has 1 aromatic carbocycles. The van der Waals surface area contributed by atoms with E-state index in [-0.39, 0.29) is 5.56 Å². The van der Waals surface area contributed by atoms with E-state index in [9.17, 15) is 20.0 Å². The monoisotopic (exact) mass is 358 g/mol. The number of amides is 1. The van der Waals surface area contributed by atoms with Gasteiger partial charge in [0.2, 0.25) is 0 Å². The number of hydrazone groups is 1. The molecule has 0 aliphatic heterocycles. The summed E-state index contributed by atoms with van der Waals surface area (Å²) in [4.78, 5) is 21.3. The summed E-state index contributed by atoms with van der Waals surface area (Å²) in [5.41, 5.74) is 0.769. The van der Waals surface area contributed by atoms with Crippen molar-refractivity contribution < 1.29 is 19.6 Å². The molecule has 1 rings (SSSR count). The van der Waals surface area contributed by atoms with Crippen LogP contribution in [0.3, 0.4) is 0 Å². The molecule has 8 nitrogen and oxygen atoms in total. The number of halogens is 1. The number of hydrogen-bond donors (Lipinski definition) is 1. The van der Waals surface area contributed by atoms with Crippen LogP contribution in [0.5, 0.6) is 5.75 Å². The molecule has 0 radical (unpaired) electrons. The van der Waals surface area contributed by atoms with Gasteiger partial charge in [-0.2, -0.15) is 5.10 Å². The Balaban J connectivity index is 2.86. The topological polar surface area (TPSA) is 117 Å². The predicted octanol–water partition coefficient (Wildman–Crippen LogP) is 2.29. The Hall–Kier alpha value is -2.16. The Kier molecular flexibility index (Phi) is 5.25. The molecule has 21 heavy (non-hydrogen) atoms. The fourth-order valence-electron chi connectivity index (χ4n) is 1.29. The summed E-state index contributed by atoms with van der Waals surface area (Å²) < 4.78 is 5.29. The van der Waals surface area contributed by atoms with E-state index >= 15 is 0 Å². The first-order valence-electron chi connectivity index (χ1n) is 5.77. The highest BCUT2D eigenvalue weighted by Gasteiger charge is 2.15. The molecule has 0 saturated carbocycles. The third-order valence-corrected chi connectivity index (χ3v) is 2.48. The van der Waals surface area contributed by atoms with Crippen molar-refractivity contribution in [1.82, 2.24) is 5.43 Å². The number of hydrogen-bond acceptors (Lipinski definition) is 6. The van der Waals surface area contributed by atoms with Crippen LogP contribution in [0.25, 0.3) is 0 Å². The first kappa shape index (κ1) is 16.9. The van der Waals surface area contributed by atoms with Gasteiger partial charge in [-0.3, -0.25) is 10.1 Å². The Morgan fingerprint density at radius 1 is 1.48 bits per heavy atom. The third-order valence-electron chi connectivity index (χ3n) is 2.02. The van der Waals surface area contributed by atoms with Gasteiger partial charge in [0, 0.05) is 10.5 Å². The first-order valence-corrected chi connectivity index (χ1v) is 6.56. The van der Waals surface area contributed by atoms with E-state index in [0.29, 0.717) is 4.47 Å². The summed E-state index contributed by atoms with van der Waals surface area (Å²) in [5.74, 6) is -0.794. The van der Waals surface area contributed by atoms with Crippen LogP contribution in [0.1, 0.15) is 26.3 Å². The van der Waals surface area contributed by atoms with Gasteiger partial charge in [-0.1, -0.05) is 15.9 Å². The molecule has 0 aliphatic carbocycles. The average molecular weight is 359 g/mol. The molecule has 0 heterocycles. The Morgan fingerprint density at radius 3 is 2.62 bits per heavy atom. The van der Waals surface area contributed by atoms with Crippen LogP contribution in [-0.2, 0) is 4.74 Å². The molecule has 0 aliphatic rings. The second kappa shape index (κ2) is 6.53. The lowest BCUT2D eigenvalue weighted by atomic mass is 10.2. The minimum atomic E-state index is -0.796. The zero-order valence-electron chi connectivity index (χ0n) is 11.5. The lowest BCUT2D eigenvalue weighted by molar-refractivity contribution is -0.398. The number of benzene rings is 1. The van der Waals surface area contributed by atoms with Crippen LogP contribution in [0, 0.1) is 10.1 Å². The van der Waals surface area contributed by atoms with Crippen molar-refractivity contribution in [2.75, 3.05) is 0 Å². The zero-order valence-corrected chi connectivity index (χ0v) is 13.1. The van der Waals surface area contributed by atoms with Crippen molar-refractivity contribution in [2.45, 2.75) is 26.4 Å². The van der Waals surface area contributed by atoms with Crippen molar-refractivity contribution in [2.24, 2.45) is 5.10 Å². The summed E-state index contributed by atoms with van der Waals surface area (Å²) >= 11 is 3.06. The number of nitrogens with zero attached hydrogens (tertiary/aromatic N) is 2. The van der Waals surface area contributed by atoms with E-state index in [1.54, 1.807) is 20.8 Å². The number of ether oxygens (including phenoxy) is 1. The minimum absolute atomic E-state index is 0.0351. The summed E-state index contributed by atoms with van der Waals surface area (Å²) in [5, 5.41) is 26.0. The van der Waals surface area contributed by atoms with Crippen molar-refractivity contribution in [3.8, 4) is 5.75 Å². The second-order valence-electron chi connectivity index (χ2n) is 4.97. The molecule has 114 valence electrons. The van der Waals surface area contributed by atoms with Gasteiger partial charge >= 0.3 is 6.09 Å². The van der Waals surface area contributed by atoms with Crippen LogP contribution in [0.15, 0.2) is 21.7 Å². The minimum Gasteiger partial charge on any atom is -0.867 e. The summed E-state index contributed by atoms with van der Waals surface area (Å²) in [7, 11) is 0. The van der Waals surface area contributed by atoms with Gasteiger partial charge in [-0.25, -0.2) is 10.2 Å². The van der Waals surface area contributed by atoms with Crippen LogP contribution in [-0.4, -0.2) is 22.8 Å². The van der Waals surface area contributed by atoms with Gasteiger partial charge in [0.1, 0.15) is 5.60 Å². The van der Waals surface area contributed by atoms with Gasteiger partial charge in [0.15, 0.2) is 0 Å². The number of carbonyl (C=O) groups is 1. The van der Waals surface area contributed by atoms with Gasteiger partial charge in [-0.05, 0) is 38.2 Å². The van der Waals surface area contributed by atoms with E-state index in [4.69, 9.17) is 4.74 Å². The first-order chi connectivity index (χ1) is 9.60. The molecule has 0 saturated heterocycles. The maximum absolute atomic E-state index is 11.8. The van der Waals surface area contributed by atoms with Gasteiger partial charge < -0.3 is 9.84 Å². The highest BCUT2D eigenvalue weighted by atomic mass is 79.9. The van der Waals surface area contributed by atoms with Crippen molar-refractivity contribution in [1.29, 1.82) is 0 Å². The Morgan fingerprint density at radius 2 is 2.10 bits per heavy atom. The summed E-state index contributed by atoms with van der Waals surface area (Å²) in [6.45, 7) is 5.05. The highest BCUT2D eigenvalue weighted by Crippen LogP contribution is 2.30. The Bertz CT molecular complexity index is 595. The molecule has 0 fully saturated rings. The molecule has 0 aromatic heterocycles. The van der Waals surface area contributed by atoms with E-state index in [1.165, 1.54) is 6.07 Å². The van der Waals surface area contributed by atoms with E-state index in [1.807, 2.05) is 0 Å². The van der Waals surface area contributed by atoms with E-state index in [0.717, 1.165) is 12.3 Å². The average Bonchev–Trinajstić information content (AvgIpc) is 2.30. The number of nitrogens with one attached hydrogen (secondary N) is 1. The summed E-state index contributed by atoms with van der Waals surface area (Å²) in [6.07, 6.45) is 0.222. The highest BCUT2D eigenvalue weighted by molar-refractivity contribution is 9.10. The van der Waals surface area contributed by atoms with Crippen molar-refractivity contribution in [3.63, 3.8) is 0 Å². The fourth-order valence-corrected chi connectivity index (χ4v) is 1.75. The SMILES string of the molecule is CC(C)(C)OC(=O)N/N=C\c1cc(Br)cc([N+](=O)[O-])c1[O-]. The van der Waals surface area contributed by atoms with Crippen LogP contribution < -0.4 is 10.5 Å². The largest absolute Gasteiger partial charge is 0.867 e. The lowest BCUT2D eigenvalue weighted by Crippen LogP contribution is -2.29. The van der Waals surface area contributed by atoms with Crippen LogP contribution in [0.2, 0.25) is 0 Å². The van der Waals surface area contributed by atoms with Gasteiger partial charge in [-0.15, -0.1) is 0 Å². The fraction of sp³-hybridized carbons (Fsp3) is 0.333. The number of nitro benzene ring substituents is 1. The maximum Gasteiger partial charge on any atom is 0.428 e. The van der Waals surface area contributed by atoms with E-state index in [2.05, 4.69) is 26.5 Å². The van der Waals surface area contributed by atoms with E-state index < -0.39 is 28.1 Å². The van der Waals surface area contributed by atoms with Crippen molar-refractivity contribution >= 4 is 33.9 Å². The quantitative estimate of drug-likeness (QED) is 0.505. The smallest absolute Gasteiger partial charge is 0.428 e. The van der Waals surface area contributed by atoms with Gasteiger partial charge in [0.25, 0.3) is 5.69 Å². The molecule has 1 aromatic rings. The molecule has 0 spiro atoms. The van der Waals surface area contributed by atoms with Gasteiger partial charge in [0.05, 0.1) is 11.1 Å². The molecule has 0 unspecified atom stereocenters. The molecule has 1 N–H and O–H groups in total. The number of rotatable bonds is 3. The normalized spacial score (nSPS) is 11.4. The van der Waals surface area contributed by atoms with Crippen LogP contribution in [0.4, 0.5) is 10.5 Å². The van der Waals surface area contributed by atoms with Crippen molar-refractivity contribution in [3.05, 3.63) is 32.3 Å². The predicted molar refractivity (Wildman–Crippen MR) is 77.2 cm³/mol. The number of nitro groups is 1. The molecular formula is C12H13BrN3O5-. The molecule has 1 amide bonds. The standard InChI is InChI=1S/C12H14BrN3O5/c1-12(2,3)21-11(18)15-14-6-7-4-8(13)5-9(10(7)17)16(19)20/h4-6,17H,1-3H3,(H,15,18)/p-1/b14-6-. The molecule has 0 bridgehead atoms. The Labute approximate surface area is 129 Å². The zero-order chi connectivity index (χ0) is 16.2. The second-order valence-corrected chi connectivity index (χ2v) is 5.89. The third kappa shape index (κ3) is 5.38. The number of carbonyl (C=O) groups excluding carboxylic acids is 1. The molecular weight excluding hydrogens is 346 g/mol.